The zero-order valence-electron chi connectivity index (χ0n) is 12.2. The van der Waals surface area contributed by atoms with Crippen LogP contribution in [0.1, 0.15) is 23.8 Å². The Morgan fingerprint density at radius 3 is 2.82 bits per heavy atom. The van der Waals surface area contributed by atoms with E-state index in [9.17, 15) is 17.6 Å². The molecular formula is C15H17FN2O3S. The second kappa shape index (κ2) is 5.39. The normalized spacial score (nSPS) is 20.4. The largest absolute Gasteiger partial charge is 0.350 e. The van der Waals surface area contributed by atoms with Crippen molar-refractivity contribution in [2.45, 2.75) is 19.4 Å². The summed E-state index contributed by atoms with van der Waals surface area (Å²) in [5.41, 5.74) is 0.908. The van der Waals surface area contributed by atoms with Gasteiger partial charge in [0.15, 0.2) is 9.84 Å². The number of aromatic amines is 1. The number of hydrogen-bond acceptors (Lipinski definition) is 3. The molecule has 0 radical (unpaired) electrons. The van der Waals surface area contributed by atoms with Crippen LogP contribution >= 0.6 is 0 Å². The number of halogens is 1. The number of aromatic nitrogens is 1. The summed E-state index contributed by atoms with van der Waals surface area (Å²) in [6, 6.07) is 5.66. The van der Waals surface area contributed by atoms with Gasteiger partial charge in [0.05, 0.1) is 11.5 Å². The lowest BCUT2D eigenvalue weighted by Gasteiger charge is -2.26. The first-order valence-electron chi connectivity index (χ1n) is 7.19. The minimum atomic E-state index is -3.05. The highest BCUT2D eigenvalue weighted by Crippen LogP contribution is 2.22. The molecule has 3 rings (SSSR count). The van der Waals surface area contributed by atoms with Crippen LogP contribution in [0.15, 0.2) is 24.3 Å². The van der Waals surface area contributed by atoms with Gasteiger partial charge in [-0.05, 0) is 37.6 Å². The van der Waals surface area contributed by atoms with Crippen molar-refractivity contribution < 1.29 is 17.6 Å². The molecule has 1 N–H and O–H groups in total. The first-order valence-corrected chi connectivity index (χ1v) is 9.01. The Morgan fingerprint density at radius 2 is 2.18 bits per heavy atom. The molecule has 0 aliphatic carbocycles. The van der Waals surface area contributed by atoms with E-state index in [-0.39, 0.29) is 29.3 Å². The fourth-order valence-corrected chi connectivity index (χ4v) is 4.69. The summed E-state index contributed by atoms with van der Waals surface area (Å²) in [5.74, 6) is -0.482. The summed E-state index contributed by atoms with van der Waals surface area (Å²) in [6.07, 6.45) is 0.469. The summed E-state index contributed by atoms with van der Waals surface area (Å²) in [7, 11) is -3.05. The molecule has 0 spiro atoms. The number of carbonyl (C=O) groups excluding carboxylic acids is 1. The van der Waals surface area contributed by atoms with Crippen LogP contribution in [0.2, 0.25) is 0 Å². The molecule has 1 aliphatic heterocycles. The van der Waals surface area contributed by atoms with Crippen molar-refractivity contribution in [1.82, 2.24) is 9.88 Å². The Hall–Kier alpha value is -1.89. The highest BCUT2D eigenvalue weighted by Gasteiger charge is 2.34. The summed E-state index contributed by atoms with van der Waals surface area (Å²) in [6.45, 7) is 2.26. The molecule has 1 atom stereocenters. The van der Waals surface area contributed by atoms with E-state index in [0.29, 0.717) is 24.2 Å². The van der Waals surface area contributed by atoms with Crippen LogP contribution in [0.25, 0.3) is 10.9 Å². The molecule has 0 bridgehead atoms. The van der Waals surface area contributed by atoms with E-state index in [1.807, 2.05) is 6.92 Å². The number of carbonyl (C=O) groups is 1. The van der Waals surface area contributed by atoms with Gasteiger partial charge in [0.2, 0.25) is 0 Å². The van der Waals surface area contributed by atoms with E-state index in [1.54, 1.807) is 17.0 Å². The fourth-order valence-electron chi connectivity index (χ4n) is 2.96. The third kappa shape index (κ3) is 2.72. The van der Waals surface area contributed by atoms with Gasteiger partial charge in [-0.25, -0.2) is 12.8 Å². The molecule has 1 saturated heterocycles. The zero-order chi connectivity index (χ0) is 15.9. The molecule has 1 unspecified atom stereocenters. The Bertz CT molecular complexity index is 828. The molecule has 1 aliphatic rings. The van der Waals surface area contributed by atoms with Crippen LogP contribution in [0.5, 0.6) is 0 Å². The Kier molecular flexibility index (Phi) is 3.68. The lowest BCUT2D eigenvalue weighted by Crippen LogP contribution is -2.41. The predicted octanol–water partition coefficient (Wildman–Crippen LogP) is 1.96. The van der Waals surface area contributed by atoms with E-state index < -0.39 is 9.84 Å². The average molecular weight is 324 g/mol. The van der Waals surface area contributed by atoms with Crippen LogP contribution in [0.3, 0.4) is 0 Å². The van der Waals surface area contributed by atoms with E-state index in [2.05, 4.69) is 4.98 Å². The van der Waals surface area contributed by atoms with Crippen LogP contribution in [0.4, 0.5) is 4.39 Å². The van der Waals surface area contributed by atoms with Gasteiger partial charge in [-0.15, -0.1) is 0 Å². The van der Waals surface area contributed by atoms with Gasteiger partial charge in [0.25, 0.3) is 5.91 Å². The minimum absolute atomic E-state index is 0.0153. The molecule has 1 fully saturated rings. The number of nitrogens with zero attached hydrogens (tertiary/aromatic N) is 1. The summed E-state index contributed by atoms with van der Waals surface area (Å²) in [5, 5.41) is 0.750. The SMILES string of the molecule is CCN(C(=O)c1cc2ccc(F)cc2[nH]1)C1CCS(=O)(=O)C1. The second-order valence-electron chi connectivity index (χ2n) is 5.56. The van der Waals surface area contributed by atoms with E-state index in [0.717, 1.165) is 5.39 Å². The number of sulfone groups is 1. The number of H-pyrrole nitrogens is 1. The maximum absolute atomic E-state index is 13.2. The molecule has 2 aromatic rings. The average Bonchev–Trinajstić information content (AvgIpc) is 3.02. The van der Waals surface area contributed by atoms with Crippen molar-refractivity contribution in [3.8, 4) is 0 Å². The number of nitrogens with one attached hydrogen (secondary N) is 1. The molecule has 1 aromatic carbocycles. The summed E-state index contributed by atoms with van der Waals surface area (Å²) in [4.78, 5) is 17.1. The van der Waals surface area contributed by atoms with Gasteiger partial charge in [0.1, 0.15) is 11.5 Å². The first kappa shape index (κ1) is 15.0. The Balaban J connectivity index is 1.90. The molecular weight excluding hydrogens is 307 g/mol. The smallest absolute Gasteiger partial charge is 0.270 e. The second-order valence-corrected chi connectivity index (χ2v) is 7.79. The Morgan fingerprint density at radius 1 is 1.41 bits per heavy atom. The van der Waals surface area contributed by atoms with Gasteiger partial charge < -0.3 is 9.88 Å². The van der Waals surface area contributed by atoms with Crippen molar-refractivity contribution in [2.24, 2.45) is 0 Å². The molecule has 2 heterocycles. The first-order chi connectivity index (χ1) is 10.4. The van der Waals surface area contributed by atoms with Crippen molar-refractivity contribution in [2.75, 3.05) is 18.1 Å². The molecule has 1 aromatic heterocycles. The molecule has 1 amide bonds. The van der Waals surface area contributed by atoms with Gasteiger partial charge in [0, 0.05) is 23.5 Å². The van der Waals surface area contributed by atoms with Crippen molar-refractivity contribution in [1.29, 1.82) is 0 Å². The maximum Gasteiger partial charge on any atom is 0.270 e. The number of benzene rings is 1. The summed E-state index contributed by atoms with van der Waals surface area (Å²) >= 11 is 0. The number of amides is 1. The van der Waals surface area contributed by atoms with Crippen LogP contribution in [-0.4, -0.2) is 48.3 Å². The molecule has 0 saturated carbocycles. The van der Waals surface area contributed by atoms with E-state index >= 15 is 0 Å². The van der Waals surface area contributed by atoms with Crippen LogP contribution in [0, 0.1) is 5.82 Å². The van der Waals surface area contributed by atoms with Gasteiger partial charge in [-0.2, -0.15) is 0 Å². The predicted molar refractivity (Wildman–Crippen MR) is 82.0 cm³/mol. The third-order valence-electron chi connectivity index (χ3n) is 4.07. The van der Waals surface area contributed by atoms with Gasteiger partial charge in [-0.1, -0.05) is 0 Å². The third-order valence-corrected chi connectivity index (χ3v) is 5.82. The maximum atomic E-state index is 13.2. The minimum Gasteiger partial charge on any atom is -0.350 e. The van der Waals surface area contributed by atoms with E-state index in [4.69, 9.17) is 0 Å². The molecule has 5 nitrogen and oxygen atoms in total. The van der Waals surface area contributed by atoms with Crippen LogP contribution in [-0.2, 0) is 9.84 Å². The molecule has 118 valence electrons. The number of hydrogen-bond donors (Lipinski definition) is 1. The van der Waals surface area contributed by atoms with Crippen molar-refractivity contribution in [3.63, 3.8) is 0 Å². The summed E-state index contributed by atoms with van der Waals surface area (Å²) < 4.78 is 36.4. The monoisotopic (exact) mass is 324 g/mol. The van der Waals surface area contributed by atoms with Gasteiger partial charge in [-0.3, -0.25) is 4.79 Å². The zero-order valence-corrected chi connectivity index (χ0v) is 13.0. The number of fused-ring (bicyclic) bond motifs is 1. The van der Waals surface area contributed by atoms with E-state index in [1.165, 1.54) is 12.1 Å². The van der Waals surface area contributed by atoms with Crippen LogP contribution < -0.4 is 0 Å². The Labute approximate surface area is 128 Å². The van der Waals surface area contributed by atoms with Crippen molar-refractivity contribution in [3.05, 3.63) is 35.8 Å². The highest BCUT2D eigenvalue weighted by atomic mass is 32.2. The molecule has 22 heavy (non-hydrogen) atoms. The molecule has 7 heteroatoms. The quantitative estimate of drug-likeness (QED) is 0.938. The van der Waals surface area contributed by atoms with Gasteiger partial charge >= 0.3 is 0 Å². The fraction of sp³-hybridized carbons (Fsp3) is 0.400. The lowest BCUT2D eigenvalue weighted by atomic mass is 10.2. The lowest BCUT2D eigenvalue weighted by molar-refractivity contribution is 0.0703. The number of rotatable bonds is 3. The highest BCUT2D eigenvalue weighted by molar-refractivity contribution is 7.91. The van der Waals surface area contributed by atoms with Crippen molar-refractivity contribution >= 4 is 26.6 Å². The topological polar surface area (TPSA) is 70.2 Å². The standard InChI is InChI=1S/C15H17FN2O3S/c1-2-18(12-5-6-22(20,21)9-12)15(19)14-7-10-3-4-11(16)8-13(10)17-14/h3-4,7-8,12,17H,2,5-6,9H2,1H3.